The van der Waals surface area contributed by atoms with Gasteiger partial charge < -0.3 is 15.2 Å². The van der Waals surface area contributed by atoms with E-state index in [1.165, 1.54) is 19.8 Å². The van der Waals surface area contributed by atoms with E-state index in [1.54, 1.807) is 11.8 Å². The van der Waals surface area contributed by atoms with Crippen molar-refractivity contribution in [3.63, 3.8) is 0 Å². The first-order valence-corrected chi connectivity index (χ1v) is 8.31. The molecule has 0 aromatic heterocycles. The van der Waals surface area contributed by atoms with Crippen LogP contribution in [0.15, 0.2) is 0 Å². The second kappa shape index (κ2) is 6.80. The van der Waals surface area contributed by atoms with Crippen molar-refractivity contribution in [2.75, 3.05) is 12.4 Å². The molecule has 2 rings (SSSR count). The summed E-state index contributed by atoms with van der Waals surface area (Å²) in [6.07, 6.45) is 6.74. The Morgan fingerprint density at radius 2 is 2.15 bits per heavy atom. The Labute approximate surface area is 123 Å². The molecule has 114 valence electrons. The lowest BCUT2D eigenvalue weighted by Crippen LogP contribution is -2.43. The summed E-state index contributed by atoms with van der Waals surface area (Å²) in [7, 11) is 0. The molecule has 2 N–H and O–H groups in total. The number of nitrogens with one attached hydrogen (secondary N) is 1. The van der Waals surface area contributed by atoms with Gasteiger partial charge in [-0.3, -0.25) is 4.79 Å². The zero-order valence-corrected chi connectivity index (χ0v) is 12.7. The number of aliphatic carboxylic acids is 1. The van der Waals surface area contributed by atoms with E-state index in [2.05, 4.69) is 5.32 Å². The van der Waals surface area contributed by atoms with Gasteiger partial charge >= 0.3 is 5.97 Å². The normalized spacial score (nSPS) is 26.4. The topological polar surface area (TPSA) is 75.6 Å². The second-order valence-electron chi connectivity index (χ2n) is 5.78. The molecule has 2 aliphatic rings. The highest BCUT2D eigenvalue weighted by atomic mass is 32.2. The summed E-state index contributed by atoms with van der Waals surface area (Å²) in [5.41, 5.74) is 0.0582. The molecule has 1 saturated heterocycles. The summed E-state index contributed by atoms with van der Waals surface area (Å²) >= 11 is 1.66. The van der Waals surface area contributed by atoms with Crippen LogP contribution in [0.25, 0.3) is 0 Å². The van der Waals surface area contributed by atoms with Crippen molar-refractivity contribution in [1.29, 1.82) is 0 Å². The molecule has 0 aromatic rings. The van der Waals surface area contributed by atoms with Crippen molar-refractivity contribution in [1.82, 2.24) is 5.32 Å². The smallest absolute Gasteiger partial charge is 0.327 e. The van der Waals surface area contributed by atoms with Crippen LogP contribution in [0.3, 0.4) is 0 Å². The third-order valence-corrected chi connectivity index (χ3v) is 5.54. The Kier molecular flexibility index (Phi) is 5.32. The SMILES string of the molecule is CC(=O)N[C@@H](CSC1CCOC2(CCCC2)C1)C(=O)O. The van der Waals surface area contributed by atoms with E-state index in [-0.39, 0.29) is 11.5 Å². The first kappa shape index (κ1) is 15.6. The number of carboxylic acids is 1. The highest BCUT2D eigenvalue weighted by molar-refractivity contribution is 8.00. The largest absolute Gasteiger partial charge is 0.480 e. The number of carbonyl (C=O) groups is 2. The van der Waals surface area contributed by atoms with E-state index >= 15 is 0 Å². The molecule has 2 atom stereocenters. The van der Waals surface area contributed by atoms with E-state index in [4.69, 9.17) is 9.84 Å². The van der Waals surface area contributed by atoms with Crippen LogP contribution in [0, 0.1) is 0 Å². The molecule has 0 bridgehead atoms. The lowest BCUT2D eigenvalue weighted by molar-refractivity contribution is -0.140. The third kappa shape index (κ3) is 4.12. The van der Waals surface area contributed by atoms with Crippen LogP contribution in [0.4, 0.5) is 0 Å². The van der Waals surface area contributed by atoms with Gasteiger partial charge in [0.25, 0.3) is 0 Å². The van der Waals surface area contributed by atoms with Crippen molar-refractivity contribution < 1.29 is 19.4 Å². The van der Waals surface area contributed by atoms with E-state index in [0.29, 0.717) is 11.0 Å². The highest BCUT2D eigenvalue weighted by Gasteiger charge is 2.40. The molecular formula is C14H23NO4S. The van der Waals surface area contributed by atoms with E-state index in [1.807, 2.05) is 0 Å². The molecule has 1 aliphatic carbocycles. The third-order valence-electron chi connectivity index (χ3n) is 4.14. The Hall–Kier alpha value is -0.750. The molecule has 2 fully saturated rings. The molecular weight excluding hydrogens is 278 g/mol. The number of carbonyl (C=O) groups excluding carboxylic acids is 1. The Morgan fingerprint density at radius 1 is 1.45 bits per heavy atom. The molecule has 1 unspecified atom stereocenters. The predicted octanol–water partition coefficient (Wildman–Crippen LogP) is 1.80. The van der Waals surface area contributed by atoms with E-state index in [9.17, 15) is 9.59 Å². The van der Waals surface area contributed by atoms with Gasteiger partial charge in [0.2, 0.25) is 5.91 Å². The first-order chi connectivity index (χ1) is 9.51. The number of carboxylic acid groups (broad SMARTS) is 1. The number of amides is 1. The first-order valence-electron chi connectivity index (χ1n) is 7.26. The lowest BCUT2D eigenvalue weighted by atomic mass is 9.92. The summed E-state index contributed by atoms with van der Waals surface area (Å²) in [5, 5.41) is 12.0. The molecule has 1 heterocycles. The zero-order valence-electron chi connectivity index (χ0n) is 11.9. The highest BCUT2D eigenvalue weighted by Crippen LogP contribution is 2.42. The average Bonchev–Trinajstić information content (AvgIpc) is 2.82. The van der Waals surface area contributed by atoms with Crippen molar-refractivity contribution in [2.24, 2.45) is 0 Å². The minimum absolute atomic E-state index is 0.0582. The standard InChI is InChI=1S/C14H23NO4S/c1-10(16)15-12(13(17)18)9-20-11-4-7-19-14(8-11)5-2-3-6-14/h11-12H,2-9H2,1H3,(H,15,16)(H,17,18)/t11?,12-/m0/s1. The van der Waals surface area contributed by atoms with Crippen LogP contribution < -0.4 is 5.32 Å². The Balaban J connectivity index is 1.83. The number of hydrogen-bond acceptors (Lipinski definition) is 4. The average molecular weight is 301 g/mol. The molecule has 0 aromatic carbocycles. The van der Waals surface area contributed by atoms with Gasteiger partial charge in [-0.2, -0.15) is 11.8 Å². The van der Waals surface area contributed by atoms with Gasteiger partial charge in [-0.25, -0.2) is 4.79 Å². The van der Waals surface area contributed by atoms with Crippen LogP contribution in [-0.4, -0.2) is 46.2 Å². The van der Waals surface area contributed by atoms with Gasteiger partial charge in [0.1, 0.15) is 6.04 Å². The lowest BCUT2D eigenvalue weighted by Gasteiger charge is -2.38. The summed E-state index contributed by atoms with van der Waals surface area (Å²) in [6.45, 7) is 2.12. The van der Waals surface area contributed by atoms with Gasteiger partial charge in [0, 0.05) is 24.5 Å². The molecule has 5 nitrogen and oxygen atoms in total. The van der Waals surface area contributed by atoms with E-state index < -0.39 is 12.0 Å². The zero-order chi connectivity index (χ0) is 14.6. The van der Waals surface area contributed by atoms with Crippen molar-refractivity contribution >= 4 is 23.6 Å². The maximum absolute atomic E-state index is 11.1. The fourth-order valence-corrected chi connectivity index (χ4v) is 4.52. The minimum Gasteiger partial charge on any atom is -0.480 e. The minimum atomic E-state index is -0.963. The quantitative estimate of drug-likeness (QED) is 0.810. The van der Waals surface area contributed by atoms with Crippen LogP contribution in [0.1, 0.15) is 45.4 Å². The van der Waals surface area contributed by atoms with Gasteiger partial charge in [-0.1, -0.05) is 12.8 Å². The van der Waals surface area contributed by atoms with Crippen molar-refractivity contribution in [2.45, 2.75) is 62.3 Å². The maximum Gasteiger partial charge on any atom is 0.327 e. The predicted molar refractivity (Wildman–Crippen MR) is 77.9 cm³/mol. The Morgan fingerprint density at radius 3 is 2.75 bits per heavy atom. The number of thioether (sulfide) groups is 1. The number of hydrogen-bond donors (Lipinski definition) is 2. The molecule has 20 heavy (non-hydrogen) atoms. The molecule has 0 radical (unpaired) electrons. The van der Waals surface area contributed by atoms with E-state index in [0.717, 1.165) is 32.3 Å². The Bertz CT molecular complexity index is 368. The van der Waals surface area contributed by atoms with Crippen LogP contribution >= 0.6 is 11.8 Å². The summed E-state index contributed by atoms with van der Waals surface area (Å²) in [4.78, 5) is 22.1. The monoisotopic (exact) mass is 301 g/mol. The molecule has 1 saturated carbocycles. The van der Waals surface area contributed by atoms with Gasteiger partial charge in [-0.15, -0.1) is 0 Å². The second-order valence-corrected chi connectivity index (χ2v) is 7.11. The van der Waals surface area contributed by atoms with Gasteiger partial charge in [-0.05, 0) is 25.7 Å². The van der Waals surface area contributed by atoms with Gasteiger partial charge in [0.05, 0.1) is 5.60 Å². The van der Waals surface area contributed by atoms with Crippen LogP contribution in [0.2, 0.25) is 0 Å². The fraction of sp³-hybridized carbons (Fsp3) is 0.857. The van der Waals surface area contributed by atoms with Gasteiger partial charge in [0.15, 0.2) is 0 Å². The molecule has 1 aliphatic heterocycles. The van der Waals surface area contributed by atoms with Crippen molar-refractivity contribution in [3.8, 4) is 0 Å². The van der Waals surface area contributed by atoms with Crippen LogP contribution in [-0.2, 0) is 14.3 Å². The van der Waals surface area contributed by atoms with Crippen molar-refractivity contribution in [3.05, 3.63) is 0 Å². The number of rotatable bonds is 5. The molecule has 1 amide bonds. The number of ether oxygens (including phenoxy) is 1. The maximum atomic E-state index is 11.1. The summed E-state index contributed by atoms with van der Waals surface area (Å²) in [6, 6.07) is -0.792. The van der Waals surface area contributed by atoms with Crippen LogP contribution in [0.5, 0.6) is 0 Å². The fourth-order valence-electron chi connectivity index (χ4n) is 3.15. The summed E-state index contributed by atoms with van der Waals surface area (Å²) in [5.74, 6) is -0.831. The summed E-state index contributed by atoms with van der Waals surface area (Å²) < 4.78 is 5.98. The molecule has 1 spiro atoms. The molecule has 6 heteroatoms.